The van der Waals surface area contributed by atoms with Crippen molar-refractivity contribution < 1.29 is 9.18 Å². The van der Waals surface area contributed by atoms with E-state index in [4.69, 9.17) is 5.73 Å². The molecule has 0 radical (unpaired) electrons. The smallest absolute Gasteiger partial charge is 0.240 e. The molecule has 3 N–H and O–H groups in total. The summed E-state index contributed by atoms with van der Waals surface area (Å²) in [5.41, 5.74) is 6.67. The van der Waals surface area contributed by atoms with Gasteiger partial charge in [-0.05, 0) is 31.0 Å². The number of aromatic nitrogens is 2. The maximum atomic E-state index is 13.2. The molecule has 5 nitrogen and oxygen atoms in total. The van der Waals surface area contributed by atoms with Crippen LogP contribution in [0.4, 0.5) is 4.39 Å². The van der Waals surface area contributed by atoms with Crippen LogP contribution in [0.3, 0.4) is 0 Å². The molecular formula is C14H19Cl2FN4O. The van der Waals surface area contributed by atoms with Gasteiger partial charge in [-0.15, -0.1) is 24.8 Å². The van der Waals surface area contributed by atoms with E-state index in [1.165, 1.54) is 12.1 Å². The predicted molar refractivity (Wildman–Crippen MR) is 88.0 cm³/mol. The summed E-state index contributed by atoms with van der Waals surface area (Å²) in [6, 6.07) is 4.52. The molecule has 1 aliphatic carbocycles. The molecule has 0 bridgehead atoms. The second-order valence-electron chi connectivity index (χ2n) is 5.38. The Bertz CT molecular complexity index is 685. The lowest BCUT2D eigenvalue weighted by Crippen LogP contribution is -2.43. The van der Waals surface area contributed by atoms with Gasteiger partial charge < -0.3 is 15.6 Å². The normalized spacial score (nSPS) is 14.9. The van der Waals surface area contributed by atoms with Crippen LogP contribution < -0.4 is 11.1 Å². The van der Waals surface area contributed by atoms with Crippen LogP contribution in [0.5, 0.6) is 0 Å². The van der Waals surface area contributed by atoms with E-state index in [1.54, 1.807) is 6.07 Å². The third kappa shape index (κ3) is 3.51. The van der Waals surface area contributed by atoms with E-state index in [2.05, 4.69) is 10.3 Å². The Labute approximate surface area is 140 Å². The fraction of sp³-hybridized carbons (Fsp3) is 0.429. The molecule has 1 aliphatic rings. The minimum absolute atomic E-state index is 0. The summed E-state index contributed by atoms with van der Waals surface area (Å²) in [5, 5.41) is 2.83. The first-order valence-corrected chi connectivity index (χ1v) is 6.68. The summed E-state index contributed by atoms with van der Waals surface area (Å²) in [5.74, 6) is 0.439. The molecule has 0 saturated heterocycles. The lowest BCUT2D eigenvalue weighted by molar-refractivity contribution is -0.123. The number of imidazole rings is 1. The Balaban J connectivity index is 0.00000121. The molecule has 1 aromatic heterocycles. The molecule has 0 spiro atoms. The molecule has 3 rings (SSSR count). The van der Waals surface area contributed by atoms with Crippen LogP contribution in [0.2, 0.25) is 0 Å². The summed E-state index contributed by atoms with van der Waals surface area (Å²) >= 11 is 0. The number of halogens is 3. The van der Waals surface area contributed by atoms with Crippen LogP contribution in [0.1, 0.15) is 18.7 Å². The fourth-order valence-corrected chi connectivity index (χ4v) is 2.26. The summed E-state index contributed by atoms with van der Waals surface area (Å²) < 4.78 is 15.1. The van der Waals surface area contributed by atoms with E-state index >= 15 is 0 Å². The minimum Gasteiger partial charge on any atom is -0.354 e. The topological polar surface area (TPSA) is 72.9 Å². The Kier molecular flexibility index (Phi) is 5.78. The van der Waals surface area contributed by atoms with Crippen molar-refractivity contribution in [2.45, 2.75) is 24.8 Å². The van der Waals surface area contributed by atoms with Crippen LogP contribution in [0.15, 0.2) is 18.2 Å². The van der Waals surface area contributed by atoms with Gasteiger partial charge in [-0.25, -0.2) is 9.37 Å². The molecule has 0 aliphatic heterocycles. The first kappa shape index (κ1) is 18.7. The molecule has 122 valence electrons. The second kappa shape index (κ2) is 6.81. The zero-order valence-electron chi connectivity index (χ0n) is 12.1. The molecule has 1 saturated carbocycles. The van der Waals surface area contributed by atoms with Gasteiger partial charge >= 0.3 is 0 Å². The molecule has 8 heteroatoms. The van der Waals surface area contributed by atoms with E-state index < -0.39 is 5.54 Å². The molecule has 1 fully saturated rings. The third-order valence-electron chi connectivity index (χ3n) is 3.81. The maximum absolute atomic E-state index is 13.2. The van der Waals surface area contributed by atoms with Crippen molar-refractivity contribution in [1.82, 2.24) is 14.9 Å². The summed E-state index contributed by atoms with van der Waals surface area (Å²) in [7, 11) is 1.84. The van der Waals surface area contributed by atoms with Gasteiger partial charge in [0.2, 0.25) is 5.91 Å². The van der Waals surface area contributed by atoms with E-state index in [9.17, 15) is 9.18 Å². The lowest BCUT2D eigenvalue weighted by atomic mass is 10.2. The van der Waals surface area contributed by atoms with Gasteiger partial charge in [0.15, 0.2) is 0 Å². The second-order valence-corrected chi connectivity index (χ2v) is 5.38. The first-order valence-electron chi connectivity index (χ1n) is 6.68. The van der Waals surface area contributed by atoms with Crippen molar-refractivity contribution >= 4 is 41.8 Å². The first-order chi connectivity index (χ1) is 9.49. The molecule has 1 amide bonds. The van der Waals surface area contributed by atoms with Crippen LogP contribution in [-0.4, -0.2) is 27.5 Å². The monoisotopic (exact) mass is 348 g/mol. The highest BCUT2D eigenvalue weighted by Gasteiger charge is 2.45. The highest BCUT2D eigenvalue weighted by Crippen LogP contribution is 2.31. The highest BCUT2D eigenvalue weighted by atomic mass is 35.5. The molecule has 1 aromatic carbocycles. The van der Waals surface area contributed by atoms with Crippen LogP contribution in [-0.2, 0) is 18.3 Å². The predicted octanol–water partition coefficient (Wildman–Crippen LogP) is 1.71. The van der Waals surface area contributed by atoms with Gasteiger partial charge in [-0.1, -0.05) is 0 Å². The number of carbonyl (C=O) groups is 1. The van der Waals surface area contributed by atoms with E-state index in [-0.39, 0.29) is 36.5 Å². The highest BCUT2D eigenvalue weighted by molar-refractivity contribution is 5.89. The largest absolute Gasteiger partial charge is 0.354 e. The number of amides is 1. The minimum atomic E-state index is -0.643. The fourth-order valence-electron chi connectivity index (χ4n) is 2.26. The van der Waals surface area contributed by atoms with Crippen molar-refractivity contribution in [1.29, 1.82) is 0 Å². The Hall–Kier alpha value is -1.37. The van der Waals surface area contributed by atoms with Gasteiger partial charge in [0, 0.05) is 20.0 Å². The molecule has 22 heavy (non-hydrogen) atoms. The molecule has 1 heterocycles. The average molecular weight is 349 g/mol. The Morgan fingerprint density at radius 1 is 1.45 bits per heavy atom. The lowest BCUT2D eigenvalue weighted by Gasteiger charge is -2.09. The standard InChI is InChI=1S/C14H17FN4O.2ClH/c1-19-11-8-9(15)2-3-10(11)18-12(19)4-7-17-13(20)14(16)5-6-14;;/h2-3,8H,4-7,16H2,1H3,(H,17,20);2*1H. The zero-order chi connectivity index (χ0) is 14.3. The molecular weight excluding hydrogens is 330 g/mol. The molecule has 0 unspecified atom stereocenters. The summed E-state index contributed by atoms with van der Waals surface area (Å²) in [4.78, 5) is 16.1. The van der Waals surface area contributed by atoms with E-state index in [0.29, 0.717) is 13.0 Å². The summed E-state index contributed by atoms with van der Waals surface area (Å²) in [6.07, 6.45) is 2.10. The number of fused-ring (bicyclic) bond motifs is 1. The number of hydrogen-bond donors (Lipinski definition) is 2. The number of benzene rings is 1. The van der Waals surface area contributed by atoms with Gasteiger partial charge in [-0.3, -0.25) is 4.79 Å². The van der Waals surface area contributed by atoms with Crippen molar-refractivity contribution in [3.63, 3.8) is 0 Å². The van der Waals surface area contributed by atoms with Crippen molar-refractivity contribution in [2.75, 3.05) is 6.54 Å². The average Bonchev–Trinajstić information content (AvgIpc) is 3.10. The number of hydrogen-bond acceptors (Lipinski definition) is 3. The van der Waals surface area contributed by atoms with Gasteiger partial charge in [-0.2, -0.15) is 0 Å². The number of carbonyl (C=O) groups excluding carboxylic acids is 1. The summed E-state index contributed by atoms with van der Waals surface area (Å²) in [6.45, 7) is 0.484. The van der Waals surface area contributed by atoms with Crippen LogP contribution in [0, 0.1) is 5.82 Å². The van der Waals surface area contributed by atoms with Gasteiger partial charge in [0.25, 0.3) is 0 Å². The van der Waals surface area contributed by atoms with E-state index in [1.807, 2.05) is 11.6 Å². The van der Waals surface area contributed by atoms with E-state index in [0.717, 1.165) is 29.7 Å². The number of nitrogens with one attached hydrogen (secondary N) is 1. The number of rotatable bonds is 4. The van der Waals surface area contributed by atoms with Gasteiger partial charge in [0.05, 0.1) is 16.6 Å². The van der Waals surface area contributed by atoms with Crippen molar-refractivity contribution in [3.8, 4) is 0 Å². The maximum Gasteiger partial charge on any atom is 0.240 e. The van der Waals surface area contributed by atoms with Crippen molar-refractivity contribution in [3.05, 3.63) is 29.8 Å². The Morgan fingerprint density at radius 3 is 2.77 bits per heavy atom. The number of nitrogens with two attached hydrogens (primary N) is 1. The molecule has 2 aromatic rings. The quantitative estimate of drug-likeness (QED) is 0.883. The number of aryl methyl sites for hydroxylation is 1. The zero-order valence-corrected chi connectivity index (χ0v) is 13.8. The SMILES string of the molecule is Cl.Cl.Cn1c(CCNC(=O)C2(N)CC2)nc2ccc(F)cc21. The number of nitrogens with zero attached hydrogens (tertiary/aromatic N) is 2. The van der Waals surface area contributed by atoms with Crippen LogP contribution in [0.25, 0.3) is 11.0 Å². The third-order valence-corrected chi connectivity index (χ3v) is 3.81. The molecule has 0 atom stereocenters. The Morgan fingerprint density at radius 2 is 2.14 bits per heavy atom. The van der Waals surface area contributed by atoms with Gasteiger partial charge in [0.1, 0.15) is 11.6 Å². The van der Waals surface area contributed by atoms with Crippen molar-refractivity contribution in [2.24, 2.45) is 12.8 Å². The van der Waals surface area contributed by atoms with Crippen LogP contribution >= 0.6 is 24.8 Å².